The molecule has 1 aromatic rings. The van der Waals surface area contributed by atoms with Crippen molar-refractivity contribution in [3.8, 4) is 0 Å². The van der Waals surface area contributed by atoms with Crippen LogP contribution in [0.4, 0.5) is 5.82 Å². The average Bonchev–Trinajstić information content (AvgIpc) is 2.87. The molecule has 1 rings (SSSR count). The van der Waals surface area contributed by atoms with Crippen LogP contribution in [0.1, 0.15) is 61.1 Å². The third kappa shape index (κ3) is 6.61. The maximum atomic E-state index is 12.2. The average molecular weight is 388 g/mol. The van der Waals surface area contributed by atoms with Crippen LogP contribution >= 0.6 is 12.4 Å². The maximum absolute atomic E-state index is 12.2. The van der Waals surface area contributed by atoms with Gasteiger partial charge in [-0.3, -0.25) is 9.59 Å². The van der Waals surface area contributed by atoms with Gasteiger partial charge >= 0.3 is 0 Å². The van der Waals surface area contributed by atoms with Gasteiger partial charge in [-0.2, -0.15) is 5.10 Å². The maximum Gasteiger partial charge on any atom is 0.244 e. The van der Waals surface area contributed by atoms with Crippen molar-refractivity contribution in [2.24, 2.45) is 11.7 Å². The van der Waals surface area contributed by atoms with E-state index in [0.29, 0.717) is 5.82 Å². The number of hydrogen-bond donors (Lipinski definition) is 3. The highest BCUT2D eigenvalue weighted by atomic mass is 35.5. The number of nitrogens with one attached hydrogen (secondary N) is 2. The first-order valence-electron chi connectivity index (χ1n) is 8.67. The number of rotatable bonds is 5. The molecule has 26 heavy (non-hydrogen) atoms. The molecule has 7 nitrogen and oxygen atoms in total. The molecule has 0 saturated carbocycles. The molecule has 4 N–H and O–H groups in total. The van der Waals surface area contributed by atoms with Crippen LogP contribution in [0.25, 0.3) is 0 Å². The topological polar surface area (TPSA) is 102 Å². The summed E-state index contributed by atoms with van der Waals surface area (Å²) in [5, 5.41) is 10.1. The fourth-order valence-corrected chi connectivity index (χ4v) is 2.12. The van der Waals surface area contributed by atoms with E-state index in [0.717, 1.165) is 5.69 Å². The molecule has 0 fully saturated rings. The van der Waals surface area contributed by atoms with Crippen molar-refractivity contribution >= 4 is 30.0 Å². The van der Waals surface area contributed by atoms with Crippen molar-refractivity contribution in [3.63, 3.8) is 0 Å². The lowest BCUT2D eigenvalue weighted by Gasteiger charge is -2.23. The number of carbonyl (C=O) groups is 2. The Labute approximate surface area is 162 Å². The third-order valence-corrected chi connectivity index (χ3v) is 3.82. The van der Waals surface area contributed by atoms with Crippen molar-refractivity contribution in [3.05, 3.63) is 11.8 Å². The van der Waals surface area contributed by atoms with E-state index in [9.17, 15) is 9.59 Å². The van der Waals surface area contributed by atoms with E-state index in [1.807, 2.05) is 40.7 Å². The number of hydrogen-bond acceptors (Lipinski definition) is 4. The zero-order chi connectivity index (χ0) is 19.6. The normalized spacial score (nSPS) is 13.2. The Kier molecular flexibility index (Phi) is 8.32. The van der Waals surface area contributed by atoms with Crippen molar-refractivity contribution in [2.45, 2.75) is 72.4 Å². The number of aromatic nitrogens is 2. The summed E-state index contributed by atoms with van der Waals surface area (Å²) < 4.78 is 1.80. The van der Waals surface area contributed by atoms with Gasteiger partial charge in [0.2, 0.25) is 11.8 Å². The summed E-state index contributed by atoms with van der Waals surface area (Å²) in [6.45, 7) is 15.9. The van der Waals surface area contributed by atoms with E-state index in [2.05, 4.69) is 36.5 Å². The molecule has 1 aromatic heterocycles. The number of anilines is 1. The molecule has 8 heteroatoms. The molecular formula is C18H34ClN5O2. The summed E-state index contributed by atoms with van der Waals surface area (Å²) in [5.41, 5.74) is 6.25. The van der Waals surface area contributed by atoms with Crippen molar-refractivity contribution in [1.29, 1.82) is 0 Å². The molecule has 0 bridgehead atoms. The minimum absolute atomic E-state index is 0. The number of nitrogens with two attached hydrogens (primary N) is 1. The van der Waals surface area contributed by atoms with E-state index >= 15 is 0 Å². The van der Waals surface area contributed by atoms with Gasteiger partial charge in [-0.05, 0) is 26.7 Å². The highest BCUT2D eigenvalue weighted by Gasteiger charge is 2.26. The molecule has 0 aliphatic rings. The Hall–Kier alpha value is -1.60. The predicted molar refractivity (Wildman–Crippen MR) is 108 cm³/mol. The van der Waals surface area contributed by atoms with Gasteiger partial charge in [0.15, 0.2) is 0 Å². The summed E-state index contributed by atoms with van der Waals surface area (Å²) >= 11 is 0. The van der Waals surface area contributed by atoms with E-state index in [4.69, 9.17) is 5.73 Å². The highest BCUT2D eigenvalue weighted by molar-refractivity contribution is 5.94. The van der Waals surface area contributed by atoms with Crippen LogP contribution < -0.4 is 16.4 Å². The molecular weight excluding hydrogens is 354 g/mol. The molecule has 1 heterocycles. The van der Waals surface area contributed by atoms with Crippen LogP contribution in [-0.4, -0.2) is 34.2 Å². The third-order valence-electron chi connectivity index (χ3n) is 3.82. The molecule has 0 aromatic carbocycles. The SMILES string of the molecule is CC(C)[C@H](N)C(=O)NCC(=O)Nc1cc(C(C)(C)C)nn1C(C)(C)C.Cl. The molecule has 0 aliphatic heterocycles. The lowest BCUT2D eigenvalue weighted by atomic mass is 9.92. The van der Waals surface area contributed by atoms with E-state index < -0.39 is 6.04 Å². The second-order valence-electron chi connectivity index (χ2n) is 8.78. The van der Waals surface area contributed by atoms with Gasteiger partial charge in [0.05, 0.1) is 23.8 Å². The predicted octanol–water partition coefficient (Wildman–Crippen LogP) is 2.40. The fourth-order valence-electron chi connectivity index (χ4n) is 2.12. The van der Waals surface area contributed by atoms with Crippen LogP contribution in [0.3, 0.4) is 0 Å². The zero-order valence-electron chi connectivity index (χ0n) is 17.1. The van der Waals surface area contributed by atoms with Gasteiger partial charge in [-0.1, -0.05) is 34.6 Å². The molecule has 0 spiro atoms. The quantitative estimate of drug-likeness (QED) is 0.721. The molecule has 150 valence electrons. The van der Waals surface area contributed by atoms with Crippen LogP contribution in [0.5, 0.6) is 0 Å². The molecule has 0 aliphatic carbocycles. The molecule has 0 unspecified atom stereocenters. The summed E-state index contributed by atoms with van der Waals surface area (Å²) in [6.07, 6.45) is 0. The Bertz CT molecular complexity index is 627. The largest absolute Gasteiger partial charge is 0.346 e. The van der Waals surface area contributed by atoms with Crippen molar-refractivity contribution in [2.75, 3.05) is 11.9 Å². The minimum Gasteiger partial charge on any atom is -0.346 e. The van der Waals surface area contributed by atoms with E-state index in [-0.39, 0.29) is 47.6 Å². The Balaban J connectivity index is 0.00000625. The van der Waals surface area contributed by atoms with Crippen LogP contribution in [0.15, 0.2) is 6.07 Å². The first-order valence-corrected chi connectivity index (χ1v) is 8.67. The van der Waals surface area contributed by atoms with Crippen molar-refractivity contribution in [1.82, 2.24) is 15.1 Å². The van der Waals surface area contributed by atoms with Gasteiger partial charge in [0, 0.05) is 11.5 Å². The lowest BCUT2D eigenvalue weighted by molar-refractivity contribution is -0.125. The lowest BCUT2D eigenvalue weighted by Crippen LogP contribution is -2.46. The number of carbonyl (C=O) groups excluding carboxylic acids is 2. The van der Waals surface area contributed by atoms with Gasteiger partial charge in [-0.15, -0.1) is 12.4 Å². The first kappa shape index (κ1) is 24.4. The molecule has 0 saturated heterocycles. The van der Waals surface area contributed by atoms with Gasteiger partial charge in [0.25, 0.3) is 0 Å². The number of amides is 2. The van der Waals surface area contributed by atoms with Crippen LogP contribution in [0.2, 0.25) is 0 Å². The Morgan fingerprint density at radius 1 is 1.19 bits per heavy atom. The summed E-state index contributed by atoms with van der Waals surface area (Å²) in [6, 6.07) is 1.26. The zero-order valence-corrected chi connectivity index (χ0v) is 18.0. The second kappa shape index (κ2) is 8.86. The van der Waals surface area contributed by atoms with Crippen LogP contribution in [-0.2, 0) is 20.5 Å². The molecule has 1 atom stereocenters. The van der Waals surface area contributed by atoms with Gasteiger partial charge in [-0.25, -0.2) is 4.68 Å². The smallest absolute Gasteiger partial charge is 0.244 e. The Morgan fingerprint density at radius 2 is 1.73 bits per heavy atom. The molecule has 2 amide bonds. The van der Waals surface area contributed by atoms with Gasteiger partial charge in [0.1, 0.15) is 5.82 Å². The second-order valence-corrected chi connectivity index (χ2v) is 8.78. The highest BCUT2D eigenvalue weighted by Crippen LogP contribution is 2.28. The van der Waals surface area contributed by atoms with Crippen molar-refractivity contribution < 1.29 is 9.59 Å². The summed E-state index contributed by atoms with van der Waals surface area (Å²) in [7, 11) is 0. The Morgan fingerprint density at radius 3 is 2.15 bits per heavy atom. The standard InChI is InChI=1S/C18H33N5O2.ClH/c1-11(2)15(19)16(25)20-10-14(24)21-13-9-12(17(3,4)5)22-23(13)18(6,7)8;/h9,11,15H,10,19H2,1-8H3,(H,20,25)(H,21,24);1H/t15-;/m0./s1. The first-order chi connectivity index (χ1) is 11.2. The van der Waals surface area contributed by atoms with E-state index in [1.54, 1.807) is 4.68 Å². The summed E-state index contributed by atoms with van der Waals surface area (Å²) in [5.74, 6) is -0.00964. The van der Waals surface area contributed by atoms with Crippen LogP contribution in [0, 0.1) is 5.92 Å². The molecule has 0 radical (unpaired) electrons. The summed E-state index contributed by atoms with van der Waals surface area (Å²) in [4.78, 5) is 24.1. The minimum atomic E-state index is -0.625. The van der Waals surface area contributed by atoms with Gasteiger partial charge < -0.3 is 16.4 Å². The number of halogens is 1. The van der Waals surface area contributed by atoms with E-state index in [1.165, 1.54) is 0 Å². The fraction of sp³-hybridized carbons (Fsp3) is 0.722. The monoisotopic (exact) mass is 387 g/mol. The number of nitrogens with zero attached hydrogens (tertiary/aromatic N) is 2.